The van der Waals surface area contributed by atoms with Crippen molar-refractivity contribution in [3.63, 3.8) is 0 Å². The van der Waals surface area contributed by atoms with Gasteiger partial charge in [-0.05, 0) is 80.6 Å². The molecule has 4 rings (SSSR count). The minimum Gasteiger partial charge on any atom is -0.496 e. The molecule has 35 heavy (non-hydrogen) atoms. The maximum absolute atomic E-state index is 12.9. The fourth-order valence-corrected chi connectivity index (χ4v) is 5.33. The van der Waals surface area contributed by atoms with Crippen LogP contribution in [0.3, 0.4) is 0 Å². The van der Waals surface area contributed by atoms with E-state index in [0.717, 1.165) is 54.8 Å². The van der Waals surface area contributed by atoms with Crippen LogP contribution in [0.4, 0.5) is 5.13 Å². The molecule has 1 unspecified atom stereocenters. The summed E-state index contributed by atoms with van der Waals surface area (Å²) in [7, 11) is 1.61. The molecular formula is C27H32N4O3S. The number of amides is 2. The van der Waals surface area contributed by atoms with Gasteiger partial charge < -0.3 is 15.4 Å². The second-order valence-corrected chi connectivity index (χ2v) is 9.89. The smallest absolute Gasteiger partial charge is 0.257 e. The summed E-state index contributed by atoms with van der Waals surface area (Å²) in [6, 6.07) is 13.1. The third-order valence-electron chi connectivity index (χ3n) is 6.14. The van der Waals surface area contributed by atoms with Crippen molar-refractivity contribution in [2.24, 2.45) is 0 Å². The Hall–Kier alpha value is -3.23. The van der Waals surface area contributed by atoms with Crippen LogP contribution < -0.4 is 20.7 Å². The van der Waals surface area contributed by atoms with Crippen molar-refractivity contribution in [1.29, 1.82) is 0 Å². The molecule has 0 bridgehead atoms. The van der Waals surface area contributed by atoms with E-state index in [9.17, 15) is 9.59 Å². The van der Waals surface area contributed by atoms with Crippen molar-refractivity contribution in [3.8, 4) is 5.75 Å². The summed E-state index contributed by atoms with van der Waals surface area (Å²) in [6.07, 6.45) is 4.10. The van der Waals surface area contributed by atoms with E-state index in [4.69, 9.17) is 4.74 Å². The van der Waals surface area contributed by atoms with Crippen molar-refractivity contribution in [2.45, 2.75) is 52.1 Å². The molecule has 0 fully saturated rings. The van der Waals surface area contributed by atoms with Gasteiger partial charge in [0, 0.05) is 28.6 Å². The lowest BCUT2D eigenvalue weighted by Crippen LogP contribution is -2.34. The van der Waals surface area contributed by atoms with E-state index >= 15 is 0 Å². The number of hydrogen-bond acceptors (Lipinski definition) is 6. The van der Waals surface area contributed by atoms with Crippen LogP contribution in [-0.4, -0.2) is 36.5 Å². The van der Waals surface area contributed by atoms with Crippen molar-refractivity contribution < 1.29 is 14.3 Å². The SMILES string of the molecule is CCCNC1CCc2nc(NC(=O)c3cccc(CNC(=O)c4ccc(OC)c(C)c4)c3)sc2C1. The number of nitrogens with one attached hydrogen (secondary N) is 3. The van der Waals surface area contributed by atoms with E-state index in [-0.39, 0.29) is 11.8 Å². The predicted molar refractivity (Wildman–Crippen MR) is 140 cm³/mol. The number of carbonyl (C=O) groups is 2. The van der Waals surface area contributed by atoms with Gasteiger partial charge in [-0.3, -0.25) is 14.9 Å². The average molecular weight is 493 g/mol. The van der Waals surface area contributed by atoms with Crippen molar-refractivity contribution in [3.05, 3.63) is 75.3 Å². The second-order valence-electron chi connectivity index (χ2n) is 8.80. The van der Waals surface area contributed by atoms with Crippen LogP contribution >= 0.6 is 11.3 Å². The summed E-state index contributed by atoms with van der Waals surface area (Å²) >= 11 is 1.57. The summed E-state index contributed by atoms with van der Waals surface area (Å²) in [4.78, 5) is 31.4. The number of carbonyl (C=O) groups excluding carboxylic acids is 2. The van der Waals surface area contributed by atoms with Crippen LogP contribution in [0.15, 0.2) is 42.5 Å². The van der Waals surface area contributed by atoms with Crippen molar-refractivity contribution >= 4 is 28.3 Å². The zero-order valence-electron chi connectivity index (χ0n) is 20.4. The minimum absolute atomic E-state index is 0.175. The Morgan fingerprint density at radius 1 is 1.14 bits per heavy atom. The fraction of sp³-hybridized carbons (Fsp3) is 0.370. The molecule has 1 atom stereocenters. The number of aromatic nitrogens is 1. The molecule has 3 aromatic rings. The molecule has 0 saturated carbocycles. The van der Waals surface area contributed by atoms with Gasteiger partial charge in [-0.2, -0.15) is 0 Å². The Morgan fingerprint density at radius 3 is 2.74 bits per heavy atom. The molecule has 1 aromatic heterocycles. The Labute approximate surface area is 210 Å². The molecule has 3 N–H and O–H groups in total. The number of anilines is 1. The number of nitrogens with zero attached hydrogens (tertiary/aromatic N) is 1. The molecule has 184 valence electrons. The number of ether oxygens (including phenoxy) is 1. The van der Waals surface area contributed by atoms with Gasteiger partial charge in [0.15, 0.2) is 5.13 Å². The third-order valence-corrected chi connectivity index (χ3v) is 7.18. The van der Waals surface area contributed by atoms with E-state index in [1.54, 1.807) is 48.8 Å². The van der Waals surface area contributed by atoms with Gasteiger partial charge in [0.1, 0.15) is 5.75 Å². The number of rotatable bonds is 9. The predicted octanol–water partition coefficient (Wildman–Crippen LogP) is 4.50. The Bertz CT molecular complexity index is 1210. The van der Waals surface area contributed by atoms with E-state index in [1.807, 2.05) is 19.1 Å². The van der Waals surface area contributed by atoms with Gasteiger partial charge in [0.25, 0.3) is 11.8 Å². The maximum atomic E-state index is 12.9. The molecule has 8 heteroatoms. The highest BCUT2D eigenvalue weighted by atomic mass is 32.1. The summed E-state index contributed by atoms with van der Waals surface area (Å²) < 4.78 is 5.25. The average Bonchev–Trinajstić information content (AvgIpc) is 3.27. The van der Waals surface area contributed by atoms with E-state index in [0.29, 0.717) is 28.8 Å². The standard InChI is InChI=1S/C27H32N4O3S/c1-4-12-28-21-9-10-22-24(15-21)35-27(30-22)31-26(33)19-7-5-6-18(14-19)16-29-25(32)20-8-11-23(34-3)17(2)13-20/h5-8,11,13-14,21,28H,4,9-10,12,15-16H2,1-3H3,(H,29,32)(H,30,31,33). The van der Waals surface area contributed by atoms with Crippen molar-refractivity contribution in [2.75, 3.05) is 19.0 Å². The van der Waals surface area contributed by atoms with Gasteiger partial charge >= 0.3 is 0 Å². The lowest BCUT2D eigenvalue weighted by Gasteiger charge is -2.21. The molecule has 1 aliphatic rings. The first-order valence-electron chi connectivity index (χ1n) is 12.0. The largest absolute Gasteiger partial charge is 0.496 e. The molecule has 2 aromatic carbocycles. The van der Waals surface area contributed by atoms with Gasteiger partial charge in [0.05, 0.1) is 12.8 Å². The highest BCUT2D eigenvalue weighted by Gasteiger charge is 2.23. The molecule has 0 aliphatic heterocycles. The minimum atomic E-state index is -0.198. The topological polar surface area (TPSA) is 92.4 Å². The van der Waals surface area contributed by atoms with Gasteiger partial charge in [0.2, 0.25) is 0 Å². The molecule has 0 spiro atoms. The monoisotopic (exact) mass is 492 g/mol. The fourth-order valence-electron chi connectivity index (χ4n) is 4.25. The zero-order valence-corrected chi connectivity index (χ0v) is 21.3. The van der Waals surface area contributed by atoms with Crippen molar-refractivity contribution in [1.82, 2.24) is 15.6 Å². The summed E-state index contributed by atoms with van der Waals surface area (Å²) in [5.74, 6) is 0.371. The summed E-state index contributed by atoms with van der Waals surface area (Å²) in [6.45, 7) is 5.42. The zero-order chi connectivity index (χ0) is 24.8. The molecule has 1 heterocycles. The van der Waals surface area contributed by atoms with Crippen LogP contribution in [0.5, 0.6) is 5.75 Å². The molecular weight excluding hydrogens is 460 g/mol. The van der Waals surface area contributed by atoms with Gasteiger partial charge in [-0.25, -0.2) is 4.98 Å². The molecule has 2 amide bonds. The molecule has 0 saturated heterocycles. The number of benzene rings is 2. The number of fused-ring (bicyclic) bond motifs is 1. The van der Waals surface area contributed by atoms with E-state index in [2.05, 4.69) is 27.9 Å². The summed E-state index contributed by atoms with van der Waals surface area (Å²) in [5.41, 5.74) is 3.95. The number of aryl methyl sites for hydroxylation is 2. The first kappa shape index (κ1) is 24.9. The number of thiazole rings is 1. The maximum Gasteiger partial charge on any atom is 0.257 e. The molecule has 7 nitrogen and oxygen atoms in total. The Kier molecular flexibility index (Phi) is 8.15. The normalized spacial score (nSPS) is 14.8. The number of methoxy groups -OCH3 is 1. The number of hydrogen-bond donors (Lipinski definition) is 3. The van der Waals surface area contributed by atoms with Crippen LogP contribution in [-0.2, 0) is 19.4 Å². The van der Waals surface area contributed by atoms with Crippen LogP contribution in [0.25, 0.3) is 0 Å². The third kappa shape index (κ3) is 6.26. The van der Waals surface area contributed by atoms with Crippen LogP contribution in [0.2, 0.25) is 0 Å². The first-order valence-corrected chi connectivity index (χ1v) is 12.8. The van der Waals surface area contributed by atoms with Gasteiger partial charge in [-0.15, -0.1) is 11.3 Å². The lowest BCUT2D eigenvalue weighted by atomic mass is 9.98. The highest BCUT2D eigenvalue weighted by molar-refractivity contribution is 7.15. The summed E-state index contributed by atoms with van der Waals surface area (Å²) in [5, 5.41) is 10.1. The van der Waals surface area contributed by atoms with Crippen LogP contribution in [0, 0.1) is 6.92 Å². The quantitative estimate of drug-likeness (QED) is 0.409. The Morgan fingerprint density at radius 2 is 1.97 bits per heavy atom. The second kappa shape index (κ2) is 11.5. The van der Waals surface area contributed by atoms with Crippen LogP contribution in [0.1, 0.15) is 62.2 Å². The Balaban J connectivity index is 1.35. The van der Waals surface area contributed by atoms with E-state index in [1.165, 1.54) is 4.88 Å². The molecule has 1 aliphatic carbocycles. The van der Waals surface area contributed by atoms with Gasteiger partial charge in [-0.1, -0.05) is 19.1 Å². The van der Waals surface area contributed by atoms with E-state index < -0.39 is 0 Å². The lowest BCUT2D eigenvalue weighted by molar-refractivity contribution is 0.0950. The highest BCUT2D eigenvalue weighted by Crippen LogP contribution is 2.30. The molecule has 0 radical (unpaired) electrons. The first-order chi connectivity index (χ1) is 17.0.